The topological polar surface area (TPSA) is 3.24 Å². The lowest BCUT2D eigenvalue weighted by Gasteiger charge is -2.27. The minimum Gasteiger partial charge on any atom is -0.310 e. The molecule has 0 fully saturated rings. The minimum atomic E-state index is 1.15. The average molecular weight is 710 g/mol. The zero-order chi connectivity index (χ0) is 36.9. The summed E-state index contributed by atoms with van der Waals surface area (Å²) >= 11 is 0. The van der Waals surface area contributed by atoms with Crippen LogP contribution in [0.15, 0.2) is 152 Å². The second-order valence-corrected chi connectivity index (χ2v) is 16.0. The van der Waals surface area contributed by atoms with Crippen LogP contribution < -0.4 is 4.90 Å². The molecule has 0 radical (unpaired) electrons. The maximum Gasteiger partial charge on any atom is 0.0467 e. The molecule has 1 nitrogen and oxygen atoms in total. The summed E-state index contributed by atoms with van der Waals surface area (Å²) in [6.07, 6.45) is 9.95. The quantitative estimate of drug-likeness (QED) is 0.155. The zero-order valence-electron chi connectivity index (χ0n) is 32.0. The molecule has 55 heavy (non-hydrogen) atoms. The van der Waals surface area contributed by atoms with Gasteiger partial charge in [-0.1, -0.05) is 109 Å². The summed E-state index contributed by atoms with van der Waals surface area (Å²) in [4.78, 5) is 2.46. The van der Waals surface area contributed by atoms with Crippen LogP contribution in [0.4, 0.5) is 17.1 Å². The van der Waals surface area contributed by atoms with Crippen molar-refractivity contribution in [2.45, 2.75) is 65.2 Å². The third kappa shape index (κ3) is 6.22. The van der Waals surface area contributed by atoms with Gasteiger partial charge in [0, 0.05) is 17.1 Å². The SMILES string of the molecule is Cc1cc2c(cc1-c1cccc(N(c3ccc(-c4cc5ccccc5c5ccccc45)cc3)c3cccc(-c4cc5c(cc4C)CCCC5)c3)c1)CCCC2. The lowest BCUT2D eigenvalue weighted by atomic mass is 9.86. The Morgan fingerprint density at radius 2 is 0.836 bits per heavy atom. The molecule has 10 rings (SSSR count). The first-order valence-corrected chi connectivity index (χ1v) is 20.3. The van der Waals surface area contributed by atoms with Crippen LogP contribution in [-0.4, -0.2) is 0 Å². The smallest absolute Gasteiger partial charge is 0.0467 e. The normalized spacial score (nSPS) is 13.8. The Morgan fingerprint density at radius 1 is 0.345 bits per heavy atom. The van der Waals surface area contributed by atoms with Crippen molar-refractivity contribution < 1.29 is 0 Å². The average Bonchev–Trinajstić information content (AvgIpc) is 3.23. The number of fused-ring (bicyclic) bond motifs is 5. The molecule has 0 aliphatic heterocycles. The van der Waals surface area contributed by atoms with Gasteiger partial charge in [-0.25, -0.2) is 0 Å². The molecule has 0 saturated carbocycles. The maximum atomic E-state index is 2.48. The predicted octanol–water partition coefficient (Wildman–Crippen LogP) is 14.8. The van der Waals surface area contributed by atoms with Crippen molar-refractivity contribution in [3.05, 3.63) is 185 Å². The van der Waals surface area contributed by atoms with Crippen molar-refractivity contribution in [2.75, 3.05) is 4.90 Å². The largest absolute Gasteiger partial charge is 0.310 e. The first-order chi connectivity index (χ1) is 27.1. The van der Waals surface area contributed by atoms with E-state index in [1.807, 2.05) is 0 Å². The third-order valence-electron chi connectivity index (χ3n) is 12.4. The van der Waals surface area contributed by atoms with E-state index in [9.17, 15) is 0 Å². The predicted molar refractivity (Wildman–Crippen MR) is 235 cm³/mol. The monoisotopic (exact) mass is 709 g/mol. The first-order valence-electron chi connectivity index (χ1n) is 20.3. The fourth-order valence-electron chi connectivity index (χ4n) is 9.60. The number of anilines is 3. The van der Waals surface area contributed by atoms with Crippen molar-refractivity contribution in [3.63, 3.8) is 0 Å². The number of hydrogen-bond acceptors (Lipinski definition) is 1. The molecule has 2 aliphatic carbocycles. The zero-order valence-corrected chi connectivity index (χ0v) is 32.0. The number of nitrogens with zero attached hydrogens (tertiary/aromatic N) is 1. The molecule has 0 spiro atoms. The molecule has 8 aromatic rings. The van der Waals surface area contributed by atoms with E-state index in [1.165, 1.54) is 129 Å². The molecule has 0 atom stereocenters. The van der Waals surface area contributed by atoms with Gasteiger partial charge < -0.3 is 4.90 Å². The number of benzene rings is 8. The molecule has 0 unspecified atom stereocenters. The Morgan fingerprint density at radius 3 is 1.40 bits per heavy atom. The Labute approximate surface area is 325 Å². The minimum absolute atomic E-state index is 1.15. The fraction of sp³-hybridized carbons (Fsp3) is 0.185. The summed E-state index contributed by atoms with van der Waals surface area (Å²) in [6.45, 7) is 4.57. The third-order valence-corrected chi connectivity index (χ3v) is 12.4. The Balaban J connectivity index is 1.11. The van der Waals surface area contributed by atoms with Crippen LogP contribution >= 0.6 is 0 Å². The van der Waals surface area contributed by atoms with Crippen LogP contribution in [0.25, 0.3) is 54.9 Å². The second kappa shape index (κ2) is 14.1. The van der Waals surface area contributed by atoms with E-state index < -0.39 is 0 Å². The standard InChI is InChI=1S/C54H47N/c1-36-29-39-13-3-5-15-41(39)33-52(36)43-18-11-20-47(31-43)55(48-21-12-19-44(32-48)53-34-42-16-6-4-14-40(42)30-37(53)2)46-27-25-38(26-28-46)54-35-45-17-7-8-22-49(45)50-23-9-10-24-51(50)54/h7-12,17-35H,3-6,13-16H2,1-2H3. The van der Waals surface area contributed by atoms with E-state index in [4.69, 9.17) is 0 Å². The molecule has 0 saturated heterocycles. The highest BCUT2D eigenvalue weighted by atomic mass is 15.1. The summed E-state index contributed by atoms with van der Waals surface area (Å²) in [5.41, 5.74) is 20.1. The highest BCUT2D eigenvalue weighted by molar-refractivity contribution is 6.13. The molecule has 2 aliphatic rings. The van der Waals surface area contributed by atoms with Crippen molar-refractivity contribution in [1.82, 2.24) is 0 Å². The molecular weight excluding hydrogens is 663 g/mol. The van der Waals surface area contributed by atoms with Crippen LogP contribution in [0.3, 0.4) is 0 Å². The summed E-state index contributed by atoms with van der Waals surface area (Å²) in [7, 11) is 0. The van der Waals surface area contributed by atoms with E-state index in [-0.39, 0.29) is 0 Å². The Kier molecular flexibility index (Phi) is 8.59. The van der Waals surface area contributed by atoms with Gasteiger partial charge in [-0.05, 0) is 196 Å². The van der Waals surface area contributed by atoms with E-state index in [0.29, 0.717) is 0 Å². The van der Waals surface area contributed by atoms with Crippen molar-refractivity contribution in [2.24, 2.45) is 0 Å². The second-order valence-electron chi connectivity index (χ2n) is 16.0. The summed E-state index contributed by atoms with van der Waals surface area (Å²) in [5.74, 6) is 0. The van der Waals surface area contributed by atoms with Crippen molar-refractivity contribution in [3.8, 4) is 33.4 Å². The van der Waals surface area contributed by atoms with Gasteiger partial charge in [-0.3, -0.25) is 0 Å². The lowest BCUT2D eigenvalue weighted by Crippen LogP contribution is -2.10. The van der Waals surface area contributed by atoms with Gasteiger partial charge in [-0.15, -0.1) is 0 Å². The van der Waals surface area contributed by atoms with Gasteiger partial charge in [0.05, 0.1) is 0 Å². The van der Waals surface area contributed by atoms with E-state index in [1.54, 1.807) is 11.1 Å². The molecule has 1 heteroatoms. The van der Waals surface area contributed by atoms with Crippen LogP contribution in [0.2, 0.25) is 0 Å². The van der Waals surface area contributed by atoms with E-state index >= 15 is 0 Å². The van der Waals surface area contributed by atoms with Gasteiger partial charge in [0.1, 0.15) is 0 Å². The van der Waals surface area contributed by atoms with Crippen LogP contribution in [0, 0.1) is 13.8 Å². The molecule has 8 aromatic carbocycles. The van der Waals surface area contributed by atoms with Crippen molar-refractivity contribution >= 4 is 38.6 Å². The molecular formula is C54H47N. The van der Waals surface area contributed by atoms with E-state index in [2.05, 4.69) is 170 Å². The maximum absolute atomic E-state index is 2.48. The molecule has 0 aromatic heterocycles. The summed E-state index contributed by atoms with van der Waals surface area (Å²) in [6, 6.07) is 57.5. The van der Waals surface area contributed by atoms with Crippen LogP contribution in [-0.2, 0) is 25.7 Å². The molecule has 0 heterocycles. The Bertz CT molecular complexity index is 2620. The van der Waals surface area contributed by atoms with E-state index in [0.717, 1.165) is 17.1 Å². The highest BCUT2D eigenvalue weighted by Crippen LogP contribution is 2.42. The van der Waals surface area contributed by atoms with Gasteiger partial charge >= 0.3 is 0 Å². The molecule has 268 valence electrons. The molecule has 0 amide bonds. The fourth-order valence-corrected chi connectivity index (χ4v) is 9.60. The number of aryl methyl sites for hydroxylation is 6. The lowest BCUT2D eigenvalue weighted by molar-refractivity contribution is 0.685. The number of rotatable bonds is 6. The van der Waals surface area contributed by atoms with Gasteiger partial charge in [0.15, 0.2) is 0 Å². The van der Waals surface area contributed by atoms with Gasteiger partial charge in [0.25, 0.3) is 0 Å². The van der Waals surface area contributed by atoms with Gasteiger partial charge in [0.2, 0.25) is 0 Å². The molecule has 0 bridgehead atoms. The van der Waals surface area contributed by atoms with Crippen molar-refractivity contribution in [1.29, 1.82) is 0 Å². The highest BCUT2D eigenvalue weighted by Gasteiger charge is 2.19. The summed E-state index contributed by atoms with van der Waals surface area (Å²) < 4.78 is 0. The van der Waals surface area contributed by atoms with Crippen LogP contribution in [0.5, 0.6) is 0 Å². The van der Waals surface area contributed by atoms with Crippen LogP contribution in [0.1, 0.15) is 59.1 Å². The van der Waals surface area contributed by atoms with Gasteiger partial charge in [-0.2, -0.15) is 0 Å². The Hall–Kier alpha value is -5.92. The first kappa shape index (κ1) is 33.6. The summed E-state index contributed by atoms with van der Waals surface area (Å²) in [5, 5.41) is 5.15. The molecule has 0 N–H and O–H groups in total. The number of hydrogen-bond donors (Lipinski definition) is 0.